The molecule has 1 nitrogen and oxygen atoms in total. The Morgan fingerprint density at radius 3 is 2.21 bits per heavy atom. The molecule has 0 amide bonds. The molecule has 76 valence electrons. The van der Waals surface area contributed by atoms with Crippen LogP contribution in [0.3, 0.4) is 0 Å². The fourth-order valence-electron chi connectivity index (χ4n) is 1.37. The van der Waals surface area contributed by atoms with Crippen LogP contribution in [0, 0.1) is 17.5 Å². The Labute approximate surface area is 79.2 Å². The predicted molar refractivity (Wildman–Crippen MR) is 44.2 cm³/mol. The average Bonchev–Trinajstić information content (AvgIpc) is 2.80. The summed E-state index contributed by atoms with van der Waals surface area (Å²) < 4.78 is 38.3. The van der Waals surface area contributed by atoms with Gasteiger partial charge >= 0.3 is 0 Å². The largest absolute Gasteiger partial charge is 0.390 e. The summed E-state index contributed by atoms with van der Waals surface area (Å²) in [6.07, 6.45) is 1.23. The summed E-state index contributed by atoms with van der Waals surface area (Å²) in [6, 6.07) is 1.32. The minimum absolute atomic E-state index is 0.0314. The van der Waals surface area contributed by atoms with E-state index in [1.807, 2.05) is 0 Å². The summed E-state index contributed by atoms with van der Waals surface area (Å²) >= 11 is 0. The minimum atomic E-state index is -1.20. The summed E-state index contributed by atoms with van der Waals surface area (Å²) in [5, 5.41) is 9.48. The van der Waals surface area contributed by atoms with Crippen molar-refractivity contribution in [2.24, 2.45) is 0 Å². The number of benzene rings is 1. The van der Waals surface area contributed by atoms with Gasteiger partial charge in [0.05, 0.1) is 5.60 Å². The van der Waals surface area contributed by atoms with Crippen molar-refractivity contribution in [3.8, 4) is 0 Å². The molecule has 0 saturated heterocycles. The Hall–Kier alpha value is -1.03. The molecule has 0 atom stereocenters. The normalized spacial score (nSPS) is 18.3. The SMILES string of the molecule is OC1(Cc2cc(F)c(F)cc2F)CC1. The number of hydrogen-bond acceptors (Lipinski definition) is 1. The van der Waals surface area contributed by atoms with Crippen molar-refractivity contribution in [3.05, 3.63) is 35.1 Å². The molecule has 2 rings (SSSR count). The van der Waals surface area contributed by atoms with Gasteiger partial charge in [-0.3, -0.25) is 0 Å². The van der Waals surface area contributed by atoms with Crippen LogP contribution in [0.1, 0.15) is 18.4 Å². The van der Waals surface area contributed by atoms with Gasteiger partial charge in [0, 0.05) is 12.5 Å². The first-order chi connectivity index (χ1) is 6.50. The molecule has 1 N–H and O–H groups in total. The fourth-order valence-corrected chi connectivity index (χ4v) is 1.37. The lowest BCUT2D eigenvalue weighted by atomic mass is 10.1. The molecule has 14 heavy (non-hydrogen) atoms. The summed E-state index contributed by atoms with van der Waals surface area (Å²) in [7, 11) is 0. The molecule has 0 unspecified atom stereocenters. The van der Waals surface area contributed by atoms with E-state index in [1.54, 1.807) is 0 Å². The lowest BCUT2D eigenvalue weighted by molar-refractivity contribution is 0.149. The lowest BCUT2D eigenvalue weighted by Gasteiger charge is -2.08. The van der Waals surface area contributed by atoms with Gasteiger partial charge in [0.1, 0.15) is 5.82 Å². The molecule has 0 bridgehead atoms. The molecule has 1 saturated carbocycles. The zero-order valence-electron chi connectivity index (χ0n) is 7.36. The molecule has 0 aliphatic heterocycles. The Morgan fingerprint density at radius 1 is 1.07 bits per heavy atom. The van der Waals surface area contributed by atoms with Gasteiger partial charge in [-0.25, -0.2) is 13.2 Å². The van der Waals surface area contributed by atoms with Crippen molar-refractivity contribution < 1.29 is 18.3 Å². The molecule has 1 aromatic carbocycles. The molecule has 0 spiro atoms. The smallest absolute Gasteiger partial charge is 0.161 e. The first-order valence-electron chi connectivity index (χ1n) is 4.36. The van der Waals surface area contributed by atoms with E-state index in [9.17, 15) is 18.3 Å². The van der Waals surface area contributed by atoms with E-state index >= 15 is 0 Å². The first kappa shape index (κ1) is 9.52. The maximum atomic E-state index is 13.1. The van der Waals surface area contributed by atoms with E-state index in [1.165, 1.54) is 0 Å². The molecule has 4 heteroatoms. The van der Waals surface area contributed by atoms with Crippen LogP contribution in [-0.4, -0.2) is 10.7 Å². The highest BCUT2D eigenvalue weighted by molar-refractivity contribution is 5.23. The second kappa shape index (κ2) is 2.98. The van der Waals surface area contributed by atoms with Gasteiger partial charge < -0.3 is 5.11 Å². The highest BCUT2D eigenvalue weighted by Crippen LogP contribution is 2.38. The zero-order valence-corrected chi connectivity index (χ0v) is 7.36. The van der Waals surface area contributed by atoms with Gasteiger partial charge in [0.2, 0.25) is 0 Å². The maximum absolute atomic E-state index is 13.1. The number of halogens is 3. The van der Waals surface area contributed by atoms with Crippen LogP contribution < -0.4 is 0 Å². The zero-order chi connectivity index (χ0) is 10.3. The van der Waals surface area contributed by atoms with E-state index in [0.717, 1.165) is 6.07 Å². The highest BCUT2D eigenvalue weighted by atomic mass is 19.2. The highest BCUT2D eigenvalue weighted by Gasteiger charge is 2.40. The van der Waals surface area contributed by atoms with Crippen LogP contribution in [0.4, 0.5) is 13.2 Å². The second-order valence-electron chi connectivity index (χ2n) is 3.76. The van der Waals surface area contributed by atoms with Gasteiger partial charge in [-0.1, -0.05) is 0 Å². The third-order valence-electron chi connectivity index (χ3n) is 2.44. The van der Waals surface area contributed by atoms with Crippen molar-refractivity contribution in [2.45, 2.75) is 24.9 Å². The monoisotopic (exact) mass is 202 g/mol. The Balaban J connectivity index is 2.29. The Kier molecular flexibility index (Phi) is 2.03. The van der Waals surface area contributed by atoms with Crippen LogP contribution in [0.25, 0.3) is 0 Å². The third kappa shape index (κ3) is 1.75. The van der Waals surface area contributed by atoms with Crippen molar-refractivity contribution >= 4 is 0 Å². The van der Waals surface area contributed by atoms with Gasteiger partial charge in [-0.15, -0.1) is 0 Å². The van der Waals surface area contributed by atoms with Crippen LogP contribution in [0.5, 0.6) is 0 Å². The second-order valence-corrected chi connectivity index (χ2v) is 3.76. The molecule has 0 heterocycles. The summed E-state index contributed by atoms with van der Waals surface area (Å²) in [5.41, 5.74) is -0.866. The van der Waals surface area contributed by atoms with Crippen molar-refractivity contribution in [1.29, 1.82) is 0 Å². The van der Waals surface area contributed by atoms with Crippen molar-refractivity contribution in [2.75, 3.05) is 0 Å². The Bertz CT molecular complexity index is 372. The van der Waals surface area contributed by atoms with Gasteiger partial charge in [0.25, 0.3) is 0 Å². The van der Waals surface area contributed by atoms with Gasteiger partial charge in [-0.05, 0) is 24.5 Å². The van der Waals surface area contributed by atoms with E-state index in [-0.39, 0.29) is 12.0 Å². The molecule has 0 aromatic heterocycles. The molecule has 1 fully saturated rings. The van der Waals surface area contributed by atoms with Crippen LogP contribution in [-0.2, 0) is 6.42 Å². The standard InChI is InChI=1S/C10H9F3O/c11-7-4-9(13)8(12)3-6(7)5-10(14)1-2-10/h3-4,14H,1-2,5H2. The molecular weight excluding hydrogens is 193 g/mol. The molecule has 1 aliphatic rings. The molecule has 1 aliphatic carbocycles. The predicted octanol–water partition coefficient (Wildman–Crippen LogP) is 2.17. The fraction of sp³-hybridized carbons (Fsp3) is 0.400. The number of hydrogen-bond donors (Lipinski definition) is 1. The van der Waals surface area contributed by atoms with Crippen molar-refractivity contribution in [1.82, 2.24) is 0 Å². The molecule has 1 aromatic rings. The van der Waals surface area contributed by atoms with Gasteiger partial charge in [-0.2, -0.15) is 0 Å². The Morgan fingerprint density at radius 2 is 1.64 bits per heavy atom. The summed E-state index contributed by atoms with van der Waals surface area (Å²) in [5.74, 6) is -3.08. The molecule has 0 radical (unpaired) electrons. The van der Waals surface area contributed by atoms with E-state index < -0.39 is 23.1 Å². The minimum Gasteiger partial charge on any atom is -0.390 e. The number of rotatable bonds is 2. The first-order valence-corrected chi connectivity index (χ1v) is 4.36. The topological polar surface area (TPSA) is 20.2 Å². The molecular formula is C10H9F3O. The number of aliphatic hydroxyl groups is 1. The van der Waals surface area contributed by atoms with Crippen LogP contribution in [0.15, 0.2) is 12.1 Å². The van der Waals surface area contributed by atoms with Crippen LogP contribution >= 0.6 is 0 Å². The summed E-state index contributed by atoms with van der Waals surface area (Å²) in [6.45, 7) is 0. The van der Waals surface area contributed by atoms with Gasteiger partial charge in [0.15, 0.2) is 11.6 Å². The lowest BCUT2D eigenvalue weighted by Crippen LogP contribution is -2.12. The maximum Gasteiger partial charge on any atom is 0.161 e. The van der Waals surface area contributed by atoms with E-state index in [4.69, 9.17) is 0 Å². The van der Waals surface area contributed by atoms with Crippen molar-refractivity contribution in [3.63, 3.8) is 0 Å². The average molecular weight is 202 g/mol. The summed E-state index contributed by atoms with van der Waals surface area (Å²) in [4.78, 5) is 0. The van der Waals surface area contributed by atoms with Crippen LogP contribution in [0.2, 0.25) is 0 Å². The third-order valence-corrected chi connectivity index (χ3v) is 2.44. The van der Waals surface area contributed by atoms with E-state index in [0.29, 0.717) is 18.9 Å². The quantitative estimate of drug-likeness (QED) is 0.728. The van der Waals surface area contributed by atoms with E-state index in [2.05, 4.69) is 0 Å².